The van der Waals surface area contributed by atoms with Gasteiger partial charge in [-0.3, -0.25) is 4.90 Å². The minimum absolute atomic E-state index is 0.266. The van der Waals surface area contributed by atoms with Crippen molar-refractivity contribution in [1.29, 1.82) is 5.26 Å². The summed E-state index contributed by atoms with van der Waals surface area (Å²) in [5.74, 6) is 0.424. The maximum absolute atomic E-state index is 13.3. The number of nitrogens with zero attached hydrogens (tertiary/aromatic N) is 3. The molecule has 1 fully saturated rings. The number of halogens is 1. The van der Waals surface area contributed by atoms with Gasteiger partial charge in [-0.05, 0) is 29.7 Å². The molecule has 1 heterocycles. The highest BCUT2D eigenvalue weighted by atomic mass is 19.1. The summed E-state index contributed by atoms with van der Waals surface area (Å²) in [7, 11) is 0. The van der Waals surface area contributed by atoms with Crippen LogP contribution in [-0.2, 0) is 6.54 Å². The maximum atomic E-state index is 13.3. The molecule has 20 heavy (non-hydrogen) atoms. The van der Waals surface area contributed by atoms with E-state index in [0.29, 0.717) is 18.0 Å². The molecule has 0 bridgehead atoms. The molecule has 1 aliphatic heterocycles. The molecular formula is C16H22FN3. The largest absolute Gasteiger partial charge is 0.301 e. The molecule has 1 saturated heterocycles. The number of benzene rings is 1. The van der Waals surface area contributed by atoms with E-state index < -0.39 is 0 Å². The first-order valence-corrected chi connectivity index (χ1v) is 7.21. The topological polar surface area (TPSA) is 30.3 Å². The second kappa shape index (κ2) is 6.83. The zero-order valence-corrected chi connectivity index (χ0v) is 12.3. The molecule has 4 heteroatoms. The van der Waals surface area contributed by atoms with Gasteiger partial charge in [0.15, 0.2) is 0 Å². The van der Waals surface area contributed by atoms with Crippen molar-refractivity contribution in [3.63, 3.8) is 0 Å². The molecule has 1 aromatic carbocycles. The molecule has 108 valence electrons. The van der Waals surface area contributed by atoms with E-state index in [1.807, 2.05) is 0 Å². The zero-order valence-electron chi connectivity index (χ0n) is 12.3. The van der Waals surface area contributed by atoms with E-state index in [4.69, 9.17) is 5.26 Å². The maximum Gasteiger partial charge on any atom is 0.123 e. The lowest BCUT2D eigenvalue weighted by molar-refractivity contribution is 0.117. The van der Waals surface area contributed by atoms with Crippen molar-refractivity contribution >= 4 is 0 Å². The number of nitriles is 1. The van der Waals surface area contributed by atoms with E-state index in [0.717, 1.165) is 38.3 Å². The molecule has 1 aromatic rings. The van der Waals surface area contributed by atoms with E-state index >= 15 is 0 Å². The minimum atomic E-state index is -0.266. The van der Waals surface area contributed by atoms with Gasteiger partial charge in [0.2, 0.25) is 0 Å². The molecule has 0 spiro atoms. The van der Waals surface area contributed by atoms with Crippen LogP contribution in [0.15, 0.2) is 18.2 Å². The lowest BCUT2D eigenvalue weighted by atomic mass is 10.1. The molecule has 0 atom stereocenters. The Morgan fingerprint density at radius 1 is 1.20 bits per heavy atom. The average molecular weight is 275 g/mol. The van der Waals surface area contributed by atoms with E-state index in [1.54, 1.807) is 6.07 Å². The number of piperazine rings is 1. The second-order valence-electron chi connectivity index (χ2n) is 5.88. The molecule has 1 aliphatic rings. The Kier molecular flexibility index (Phi) is 5.11. The van der Waals surface area contributed by atoms with E-state index in [9.17, 15) is 4.39 Å². The molecule has 0 saturated carbocycles. The lowest BCUT2D eigenvalue weighted by Gasteiger charge is -2.35. The highest BCUT2D eigenvalue weighted by molar-refractivity contribution is 5.37. The standard InChI is InChI=1S/C16H22FN3/c1-13(2)11-19-5-7-20(8-6-19)12-15-9-16(17)4-3-14(15)10-18/h3-4,9,13H,5-8,11-12H2,1-2H3. The SMILES string of the molecule is CC(C)CN1CCN(Cc2cc(F)ccc2C#N)CC1. The Hall–Kier alpha value is -1.44. The number of hydrogen-bond acceptors (Lipinski definition) is 3. The van der Waals surface area contributed by atoms with Crippen molar-refractivity contribution in [1.82, 2.24) is 9.80 Å². The van der Waals surface area contributed by atoms with Crippen LogP contribution in [0.3, 0.4) is 0 Å². The van der Waals surface area contributed by atoms with Crippen molar-refractivity contribution in [2.75, 3.05) is 32.7 Å². The van der Waals surface area contributed by atoms with Crippen molar-refractivity contribution in [3.8, 4) is 6.07 Å². The van der Waals surface area contributed by atoms with Crippen LogP contribution in [0, 0.1) is 23.1 Å². The highest BCUT2D eigenvalue weighted by Gasteiger charge is 2.18. The molecule has 0 radical (unpaired) electrons. The molecule has 0 aromatic heterocycles. The van der Waals surface area contributed by atoms with Crippen LogP contribution in [0.5, 0.6) is 0 Å². The monoisotopic (exact) mass is 275 g/mol. The summed E-state index contributed by atoms with van der Waals surface area (Å²) in [5, 5.41) is 9.08. The Morgan fingerprint density at radius 3 is 2.45 bits per heavy atom. The summed E-state index contributed by atoms with van der Waals surface area (Å²) in [4.78, 5) is 4.77. The van der Waals surface area contributed by atoms with Crippen LogP contribution in [0.1, 0.15) is 25.0 Å². The fourth-order valence-electron chi connectivity index (χ4n) is 2.69. The number of hydrogen-bond donors (Lipinski definition) is 0. The molecule has 2 rings (SSSR count). The fraction of sp³-hybridized carbons (Fsp3) is 0.562. The number of rotatable bonds is 4. The first-order valence-electron chi connectivity index (χ1n) is 7.21. The molecule has 0 unspecified atom stereocenters. The molecule has 0 amide bonds. The van der Waals surface area contributed by atoms with Crippen LogP contribution >= 0.6 is 0 Å². The highest BCUT2D eigenvalue weighted by Crippen LogP contribution is 2.15. The Bertz CT molecular complexity index is 485. The van der Waals surface area contributed by atoms with Gasteiger partial charge in [-0.15, -0.1) is 0 Å². The third kappa shape index (κ3) is 4.03. The summed E-state index contributed by atoms with van der Waals surface area (Å²) in [6.07, 6.45) is 0. The van der Waals surface area contributed by atoms with Crippen molar-refractivity contribution in [2.45, 2.75) is 20.4 Å². The minimum Gasteiger partial charge on any atom is -0.301 e. The Morgan fingerprint density at radius 2 is 1.85 bits per heavy atom. The summed E-state index contributed by atoms with van der Waals surface area (Å²) in [6.45, 7) is 10.3. The van der Waals surface area contributed by atoms with Gasteiger partial charge in [0.1, 0.15) is 5.82 Å². The lowest BCUT2D eigenvalue weighted by Crippen LogP contribution is -2.46. The van der Waals surface area contributed by atoms with Gasteiger partial charge < -0.3 is 4.90 Å². The van der Waals surface area contributed by atoms with Gasteiger partial charge in [0.25, 0.3) is 0 Å². The van der Waals surface area contributed by atoms with Crippen molar-refractivity contribution < 1.29 is 4.39 Å². The Labute approximate surface area is 120 Å². The van der Waals surface area contributed by atoms with Gasteiger partial charge in [-0.2, -0.15) is 5.26 Å². The van der Waals surface area contributed by atoms with Gasteiger partial charge in [-0.25, -0.2) is 4.39 Å². The predicted molar refractivity (Wildman–Crippen MR) is 77.7 cm³/mol. The van der Waals surface area contributed by atoms with Crippen LogP contribution in [0.2, 0.25) is 0 Å². The average Bonchev–Trinajstić information content (AvgIpc) is 2.41. The van der Waals surface area contributed by atoms with Crippen LogP contribution in [0.4, 0.5) is 4.39 Å². The summed E-state index contributed by atoms with van der Waals surface area (Å²) in [6, 6.07) is 6.55. The smallest absolute Gasteiger partial charge is 0.123 e. The summed E-state index contributed by atoms with van der Waals surface area (Å²) >= 11 is 0. The fourth-order valence-corrected chi connectivity index (χ4v) is 2.69. The molecule has 0 aliphatic carbocycles. The van der Waals surface area contributed by atoms with Gasteiger partial charge in [-0.1, -0.05) is 13.8 Å². The van der Waals surface area contributed by atoms with Crippen LogP contribution in [-0.4, -0.2) is 42.5 Å². The molecule has 0 N–H and O–H groups in total. The van der Waals surface area contributed by atoms with Crippen LogP contribution < -0.4 is 0 Å². The predicted octanol–water partition coefficient (Wildman–Crippen LogP) is 2.47. The van der Waals surface area contributed by atoms with Gasteiger partial charge >= 0.3 is 0 Å². The first-order chi connectivity index (χ1) is 9.58. The third-order valence-corrected chi connectivity index (χ3v) is 3.67. The molecule has 3 nitrogen and oxygen atoms in total. The summed E-state index contributed by atoms with van der Waals surface area (Å²) in [5.41, 5.74) is 1.38. The van der Waals surface area contributed by atoms with E-state index in [2.05, 4.69) is 29.7 Å². The van der Waals surface area contributed by atoms with E-state index in [1.165, 1.54) is 12.1 Å². The molecular weight excluding hydrogens is 253 g/mol. The van der Waals surface area contributed by atoms with Gasteiger partial charge in [0, 0.05) is 39.3 Å². The normalized spacial score (nSPS) is 17.4. The second-order valence-corrected chi connectivity index (χ2v) is 5.88. The first kappa shape index (κ1) is 15.0. The van der Waals surface area contributed by atoms with E-state index in [-0.39, 0.29) is 5.82 Å². The van der Waals surface area contributed by atoms with Crippen LogP contribution in [0.25, 0.3) is 0 Å². The summed E-state index contributed by atoms with van der Waals surface area (Å²) < 4.78 is 13.3. The van der Waals surface area contributed by atoms with Gasteiger partial charge in [0.05, 0.1) is 11.6 Å². The van der Waals surface area contributed by atoms with Crippen molar-refractivity contribution in [3.05, 3.63) is 35.1 Å². The zero-order chi connectivity index (χ0) is 14.5. The third-order valence-electron chi connectivity index (χ3n) is 3.67. The Balaban J connectivity index is 1.93. The van der Waals surface area contributed by atoms with Crippen molar-refractivity contribution in [2.24, 2.45) is 5.92 Å². The quantitative estimate of drug-likeness (QED) is 0.845.